The third-order valence-electron chi connectivity index (χ3n) is 5.54. The Labute approximate surface area is 124 Å². The first-order valence-electron chi connectivity index (χ1n) is 7.89. The van der Waals surface area contributed by atoms with Crippen molar-refractivity contribution in [2.75, 3.05) is 4.90 Å². The molecule has 4 fully saturated rings. The molecule has 21 heavy (non-hydrogen) atoms. The van der Waals surface area contributed by atoms with E-state index >= 15 is 0 Å². The Bertz CT molecular complexity index is 581. The molecule has 4 nitrogen and oxygen atoms in total. The lowest BCUT2D eigenvalue weighted by Crippen LogP contribution is -2.41. The molecule has 2 heterocycles. The average Bonchev–Trinajstić information content (AvgIpc) is 2.73. The minimum absolute atomic E-state index is 0.00287. The minimum atomic E-state index is -0.0763. The highest BCUT2D eigenvalue weighted by molar-refractivity contribution is 6.22. The van der Waals surface area contributed by atoms with Crippen LogP contribution < -0.4 is 4.90 Å². The summed E-state index contributed by atoms with van der Waals surface area (Å²) >= 11 is 0. The van der Waals surface area contributed by atoms with Crippen molar-refractivity contribution in [3.63, 3.8) is 0 Å². The molecule has 4 heteroatoms. The van der Waals surface area contributed by atoms with E-state index in [1.54, 1.807) is 0 Å². The van der Waals surface area contributed by atoms with Crippen LogP contribution >= 0.6 is 0 Å². The number of anilines is 1. The molecule has 0 aromatic carbocycles. The molecule has 4 aliphatic rings. The van der Waals surface area contributed by atoms with Crippen molar-refractivity contribution >= 4 is 17.6 Å². The van der Waals surface area contributed by atoms with E-state index in [0.29, 0.717) is 17.7 Å². The second-order valence-electron chi connectivity index (χ2n) is 6.88. The number of hydrogen-bond acceptors (Lipinski definition) is 3. The second kappa shape index (κ2) is 4.39. The van der Waals surface area contributed by atoms with Crippen LogP contribution in [0.3, 0.4) is 0 Å². The highest BCUT2D eigenvalue weighted by Crippen LogP contribution is 2.53. The molecule has 1 aliphatic heterocycles. The van der Waals surface area contributed by atoms with Gasteiger partial charge in [0.05, 0.1) is 11.8 Å². The van der Waals surface area contributed by atoms with E-state index in [-0.39, 0.29) is 23.7 Å². The fraction of sp³-hybridized carbons (Fsp3) is 0.588. The zero-order valence-corrected chi connectivity index (χ0v) is 12.5. The number of nitrogens with zero attached hydrogens (tertiary/aromatic N) is 2. The molecule has 5 rings (SSSR count). The second-order valence-corrected chi connectivity index (χ2v) is 6.88. The lowest BCUT2D eigenvalue weighted by Gasteiger charge is -2.42. The van der Waals surface area contributed by atoms with Gasteiger partial charge in [0, 0.05) is 5.69 Å². The Morgan fingerprint density at radius 3 is 1.95 bits per heavy atom. The van der Waals surface area contributed by atoms with Gasteiger partial charge in [0.25, 0.3) is 0 Å². The normalized spacial score (nSPS) is 34.5. The summed E-state index contributed by atoms with van der Waals surface area (Å²) in [6.07, 6.45) is 4.44. The third kappa shape index (κ3) is 1.78. The van der Waals surface area contributed by atoms with E-state index in [2.05, 4.69) is 4.98 Å². The fourth-order valence-corrected chi connectivity index (χ4v) is 4.73. The van der Waals surface area contributed by atoms with Gasteiger partial charge >= 0.3 is 0 Å². The molecule has 3 aliphatic carbocycles. The van der Waals surface area contributed by atoms with Gasteiger partial charge in [0.15, 0.2) is 0 Å². The van der Waals surface area contributed by atoms with Gasteiger partial charge in [-0.3, -0.25) is 9.59 Å². The monoisotopic (exact) mass is 284 g/mol. The SMILES string of the molecule is Cc1cc(C)nc(N2C(=O)[C@@H]3C4CCC(CC4)[C@@H]3C2=O)c1. The smallest absolute Gasteiger partial charge is 0.239 e. The number of pyridine rings is 1. The Morgan fingerprint density at radius 1 is 0.952 bits per heavy atom. The summed E-state index contributed by atoms with van der Waals surface area (Å²) in [6, 6.07) is 3.81. The van der Waals surface area contributed by atoms with E-state index in [1.165, 1.54) is 4.90 Å². The molecule has 0 radical (unpaired) electrons. The first-order valence-corrected chi connectivity index (χ1v) is 7.89. The third-order valence-corrected chi connectivity index (χ3v) is 5.54. The van der Waals surface area contributed by atoms with Gasteiger partial charge in [0.2, 0.25) is 11.8 Å². The zero-order valence-electron chi connectivity index (χ0n) is 12.5. The molecule has 0 unspecified atom stereocenters. The predicted octanol–water partition coefficient (Wildman–Crippen LogP) is 2.62. The number of aryl methyl sites for hydroxylation is 2. The molecule has 1 aromatic heterocycles. The van der Waals surface area contributed by atoms with Crippen molar-refractivity contribution in [2.45, 2.75) is 39.5 Å². The number of rotatable bonds is 1. The molecule has 3 saturated carbocycles. The number of imide groups is 1. The van der Waals surface area contributed by atoms with Crippen LogP contribution in [0.15, 0.2) is 12.1 Å². The maximum absolute atomic E-state index is 12.8. The Kier molecular flexibility index (Phi) is 2.72. The van der Waals surface area contributed by atoms with Crippen LogP contribution in [0.2, 0.25) is 0 Å². The highest BCUT2D eigenvalue weighted by Gasteiger charge is 2.58. The number of amides is 2. The number of carbonyl (C=O) groups excluding carboxylic acids is 2. The lowest BCUT2D eigenvalue weighted by atomic mass is 9.59. The summed E-state index contributed by atoms with van der Waals surface area (Å²) in [7, 11) is 0. The fourth-order valence-electron chi connectivity index (χ4n) is 4.73. The Balaban J connectivity index is 1.77. The minimum Gasteiger partial charge on any atom is -0.274 e. The average molecular weight is 284 g/mol. The maximum atomic E-state index is 12.8. The van der Waals surface area contributed by atoms with E-state index in [0.717, 1.165) is 36.9 Å². The number of carbonyl (C=O) groups is 2. The summed E-state index contributed by atoms with van der Waals surface area (Å²) < 4.78 is 0. The van der Waals surface area contributed by atoms with Crippen molar-refractivity contribution in [3.8, 4) is 0 Å². The van der Waals surface area contributed by atoms with Crippen molar-refractivity contribution in [1.29, 1.82) is 0 Å². The molecule has 1 saturated heterocycles. The van der Waals surface area contributed by atoms with Gasteiger partial charge in [-0.2, -0.15) is 0 Å². The summed E-state index contributed by atoms with van der Waals surface area (Å²) in [4.78, 5) is 31.5. The van der Waals surface area contributed by atoms with Gasteiger partial charge in [-0.15, -0.1) is 0 Å². The van der Waals surface area contributed by atoms with Gasteiger partial charge in [-0.25, -0.2) is 9.88 Å². The topological polar surface area (TPSA) is 50.3 Å². The van der Waals surface area contributed by atoms with Gasteiger partial charge in [0.1, 0.15) is 5.82 Å². The predicted molar refractivity (Wildman–Crippen MR) is 78.6 cm³/mol. The van der Waals surface area contributed by atoms with Crippen molar-refractivity contribution in [1.82, 2.24) is 4.98 Å². The van der Waals surface area contributed by atoms with Crippen LogP contribution in [0.25, 0.3) is 0 Å². The van der Waals surface area contributed by atoms with E-state index < -0.39 is 0 Å². The molecule has 0 spiro atoms. The van der Waals surface area contributed by atoms with E-state index in [9.17, 15) is 9.59 Å². The Morgan fingerprint density at radius 2 is 1.48 bits per heavy atom. The summed E-state index contributed by atoms with van der Waals surface area (Å²) in [5, 5.41) is 0. The molecular formula is C17H20N2O2. The molecule has 110 valence electrons. The van der Waals surface area contributed by atoms with Crippen LogP contribution in [0, 0.1) is 37.5 Å². The van der Waals surface area contributed by atoms with Crippen LogP contribution in [-0.2, 0) is 9.59 Å². The van der Waals surface area contributed by atoms with E-state index in [1.807, 2.05) is 26.0 Å². The van der Waals surface area contributed by atoms with Crippen LogP contribution in [0.5, 0.6) is 0 Å². The van der Waals surface area contributed by atoms with Crippen LogP contribution in [-0.4, -0.2) is 16.8 Å². The van der Waals surface area contributed by atoms with Crippen LogP contribution in [0.1, 0.15) is 36.9 Å². The van der Waals surface area contributed by atoms with Gasteiger partial charge in [-0.05, 0) is 69.1 Å². The molecule has 2 bridgehead atoms. The first kappa shape index (κ1) is 13.0. The van der Waals surface area contributed by atoms with Crippen molar-refractivity contribution in [3.05, 3.63) is 23.4 Å². The Hall–Kier alpha value is -1.71. The summed E-state index contributed by atoms with van der Waals surface area (Å²) in [5.41, 5.74) is 1.89. The molecule has 0 N–H and O–H groups in total. The molecular weight excluding hydrogens is 264 g/mol. The van der Waals surface area contributed by atoms with Crippen molar-refractivity contribution in [2.24, 2.45) is 23.7 Å². The number of aromatic nitrogens is 1. The number of fused-ring (bicyclic) bond motifs is 2. The molecule has 2 amide bonds. The standard InChI is InChI=1S/C17H20N2O2/c1-9-7-10(2)18-13(8-9)19-16(20)14-11-3-4-12(6-5-11)15(14)17(19)21/h7-8,11-12,14-15H,3-6H2,1-2H3/t11?,12?,14-,15+. The molecule has 1 aromatic rings. The quantitative estimate of drug-likeness (QED) is 0.745. The summed E-state index contributed by atoms with van der Waals surface area (Å²) in [6.45, 7) is 3.87. The largest absolute Gasteiger partial charge is 0.274 e. The maximum Gasteiger partial charge on any atom is 0.239 e. The molecule has 2 atom stereocenters. The lowest BCUT2D eigenvalue weighted by molar-refractivity contribution is -0.129. The van der Waals surface area contributed by atoms with Crippen molar-refractivity contribution < 1.29 is 9.59 Å². The highest BCUT2D eigenvalue weighted by atomic mass is 16.2. The van der Waals surface area contributed by atoms with Crippen LogP contribution in [0.4, 0.5) is 5.82 Å². The summed E-state index contributed by atoms with van der Waals surface area (Å²) in [5.74, 6) is 1.19. The number of hydrogen-bond donors (Lipinski definition) is 0. The van der Waals surface area contributed by atoms with E-state index in [4.69, 9.17) is 0 Å². The van der Waals surface area contributed by atoms with Gasteiger partial charge < -0.3 is 0 Å². The first-order chi connectivity index (χ1) is 10.1. The van der Waals surface area contributed by atoms with Gasteiger partial charge in [-0.1, -0.05) is 0 Å². The zero-order chi connectivity index (χ0) is 14.7.